The number of hydrogen-bond donors (Lipinski definition) is 0. The quantitative estimate of drug-likeness (QED) is 0.502. The first-order valence-corrected chi connectivity index (χ1v) is 4.05. The largest absolute Gasteiger partial charge is 0.573 e. The lowest BCUT2D eigenvalue weighted by Crippen LogP contribution is -2.12. The monoisotopic (exact) mass is 206 g/mol. The highest BCUT2D eigenvalue weighted by atomic mass is 19.4. The SMILES string of the molecule is C=C/C(=C\C(=C)C(C)C)OC(F)(F)F. The molecular weight excluding hydrogens is 193 g/mol. The van der Waals surface area contributed by atoms with Crippen molar-refractivity contribution in [3.8, 4) is 0 Å². The molecular formula is C10H13F3O. The number of halogens is 3. The molecule has 0 fully saturated rings. The van der Waals surface area contributed by atoms with Gasteiger partial charge in [-0.2, -0.15) is 0 Å². The Kier molecular flexibility index (Phi) is 4.47. The van der Waals surface area contributed by atoms with Crippen molar-refractivity contribution in [1.82, 2.24) is 0 Å². The van der Waals surface area contributed by atoms with Gasteiger partial charge in [0.2, 0.25) is 0 Å². The lowest BCUT2D eigenvalue weighted by atomic mass is 10.0. The van der Waals surface area contributed by atoms with Crippen LogP contribution in [0.15, 0.2) is 36.6 Å². The van der Waals surface area contributed by atoms with Gasteiger partial charge < -0.3 is 4.74 Å². The van der Waals surface area contributed by atoms with E-state index in [2.05, 4.69) is 17.9 Å². The fourth-order valence-electron chi connectivity index (χ4n) is 0.613. The van der Waals surface area contributed by atoms with Crippen LogP contribution in [-0.2, 0) is 4.74 Å². The molecule has 0 aliphatic rings. The molecule has 0 aromatic carbocycles. The smallest absolute Gasteiger partial charge is 0.406 e. The summed E-state index contributed by atoms with van der Waals surface area (Å²) in [5.41, 5.74) is 0.559. The van der Waals surface area contributed by atoms with Gasteiger partial charge in [-0.1, -0.05) is 27.0 Å². The van der Waals surface area contributed by atoms with E-state index in [0.717, 1.165) is 6.08 Å². The van der Waals surface area contributed by atoms with Crippen molar-refractivity contribution in [2.75, 3.05) is 0 Å². The lowest BCUT2D eigenvalue weighted by molar-refractivity contribution is -0.303. The van der Waals surface area contributed by atoms with E-state index in [4.69, 9.17) is 0 Å². The van der Waals surface area contributed by atoms with Crippen LogP contribution in [0.5, 0.6) is 0 Å². The van der Waals surface area contributed by atoms with Crippen LogP contribution in [0.25, 0.3) is 0 Å². The Hall–Kier alpha value is -1.19. The number of ether oxygens (including phenoxy) is 1. The van der Waals surface area contributed by atoms with E-state index in [1.54, 1.807) is 0 Å². The van der Waals surface area contributed by atoms with E-state index in [9.17, 15) is 13.2 Å². The van der Waals surface area contributed by atoms with Crippen molar-refractivity contribution < 1.29 is 17.9 Å². The van der Waals surface area contributed by atoms with E-state index < -0.39 is 6.36 Å². The Labute approximate surface area is 81.6 Å². The summed E-state index contributed by atoms with van der Waals surface area (Å²) in [5, 5.41) is 0. The summed E-state index contributed by atoms with van der Waals surface area (Å²) in [6.07, 6.45) is -2.45. The van der Waals surface area contributed by atoms with Crippen LogP contribution >= 0.6 is 0 Å². The zero-order chi connectivity index (χ0) is 11.4. The van der Waals surface area contributed by atoms with E-state index in [1.807, 2.05) is 13.8 Å². The first-order chi connectivity index (χ1) is 6.26. The zero-order valence-electron chi connectivity index (χ0n) is 8.19. The Morgan fingerprint density at radius 3 is 2.14 bits per heavy atom. The standard InChI is InChI=1S/C10H13F3O/c1-5-9(14-10(11,12)13)6-8(4)7(2)3/h5-7H,1,4H2,2-3H3/b9-6+. The normalized spacial score (nSPS) is 12.9. The number of rotatable bonds is 4. The molecule has 0 aromatic heterocycles. The highest BCUT2D eigenvalue weighted by molar-refractivity contribution is 5.24. The fraction of sp³-hybridized carbons (Fsp3) is 0.400. The summed E-state index contributed by atoms with van der Waals surface area (Å²) in [5.74, 6) is -0.266. The molecule has 0 unspecified atom stereocenters. The molecule has 14 heavy (non-hydrogen) atoms. The Morgan fingerprint density at radius 2 is 1.86 bits per heavy atom. The second-order valence-electron chi connectivity index (χ2n) is 3.03. The third-order valence-electron chi connectivity index (χ3n) is 1.50. The Balaban J connectivity index is 4.57. The van der Waals surface area contributed by atoms with Crippen molar-refractivity contribution in [2.24, 2.45) is 5.92 Å². The number of hydrogen-bond acceptors (Lipinski definition) is 1. The van der Waals surface area contributed by atoms with Gasteiger partial charge in [-0.3, -0.25) is 0 Å². The summed E-state index contributed by atoms with van der Waals surface area (Å²) in [6.45, 7) is 10.5. The van der Waals surface area contributed by atoms with Crippen molar-refractivity contribution in [2.45, 2.75) is 20.2 Å². The van der Waals surface area contributed by atoms with Crippen molar-refractivity contribution in [3.05, 3.63) is 36.6 Å². The molecule has 4 heteroatoms. The van der Waals surface area contributed by atoms with Gasteiger partial charge in [0.1, 0.15) is 5.76 Å². The van der Waals surface area contributed by atoms with Crippen LogP contribution in [0.2, 0.25) is 0 Å². The first kappa shape index (κ1) is 12.8. The van der Waals surface area contributed by atoms with Crippen LogP contribution in [0.1, 0.15) is 13.8 Å². The minimum Gasteiger partial charge on any atom is -0.406 e. The summed E-state index contributed by atoms with van der Waals surface area (Å²) in [4.78, 5) is 0. The summed E-state index contributed by atoms with van der Waals surface area (Å²) >= 11 is 0. The molecule has 80 valence electrons. The summed E-state index contributed by atoms with van der Waals surface area (Å²) < 4.78 is 39.1. The lowest BCUT2D eigenvalue weighted by Gasteiger charge is -2.11. The van der Waals surface area contributed by atoms with Crippen molar-refractivity contribution in [3.63, 3.8) is 0 Å². The average Bonchev–Trinajstić information content (AvgIpc) is 2.00. The van der Waals surface area contributed by atoms with E-state index in [1.165, 1.54) is 6.08 Å². The maximum Gasteiger partial charge on any atom is 0.573 e. The molecule has 0 aliphatic heterocycles. The molecule has 0 spiro atoms. The number of allylic oxidation sites excluding steroid dienone is 3. The molecule has 1 nitrogen and oxygen atoms in total. The molecule has 0 saturated heterocycles. The second kappa shape index (κ2) is 4.88. The minimum atomic E-state index is -4.68. The van der Waals surface area contributed by atoms with Gasteiger partial charge in [0.05, 0.1) is 0 Å². The van der Waals surface area contributed by atoms with Gasteiger partial charge in [-0.05, 0) is 23.6 Å². The van der Waals surface area contributed by atoms with Gasteiger partial charge in [0.15, 0.2) is 0 Å². The first-order valence-electron chi connectivity index (χ1n) is 4.05. The molecule has 0 aromatic rings. The molecule has 0 bridgehead atoms. The van der Waals surface area contributed by atoms with Gasteiger partial charge in [-0.25, -0.2) is 0 Å². The topological polar surface area (TPSA) is 9.23 Å². The maximum absolute atomic E-state index is 11.8. The van der Waals surface area contributed by atoms with E-state index in [-0.39, 0.29) is 11.7 Å². The predicted molar refractivity (Wildman–Crippen MR) is 49.4 cm³/mol. The minimum absolute atomic E-state index is 0.0711. The van der Waals surface area contributed by atoms with Gasteiger partial charge in [-0.15, -0.1) is 13.2 Å². The molecule has 0 amide bonds. The molecule has 0 rings (SSSR count). The highest BCUT2D eigenvalue weighted by Gasteiger charge is 2.31. The number of alkyl halides is 3. The molecule has 0 radical (unpaired) electrons. The second-order valence-corrected chi connectivity index (χ2v) is 3.03. The van der Waals surface area contributed by atoms with Crippen molar-refractivity contribution in [1.29, 1.82) is 0 Å². The van der Waals surface area contributed by atoms with Gasteiger partial charge in [0, 0.05) is 0 Å². The predicted octanol–water partition coefficient (Wildman–Crippen LogP) is 3.80. The molecule has 0 atom stereocenters. The van der Waals surface area contributed by atoms with Gasteiger partial charge >= 0.3 is 6.36 Å². The third kappa shape index (κ3) is 5.45. The highest BCUT2D eigenvalue weighted by Crippen LogP contribution is 2.22. The molecule has 0 saturated carbocycles. The van der Waals surface area contributed by atoms with Crippen molar-refractivity contribution >= 4 is 0 Å². The van der Waals surface area contributed by atoms with Crippen LogP contribution in [0.4, 0.5) is 13.2 Å². The molecule has 0 aliphatic carbocycles. The molecule has 0 heterocycles. The van der Waals surface area contributed by atoms with Crippen LogP contribution in [-0.4, -0.2) is 6.36 Å². The zero-order valence-corrected chi connectivity index (χ0v) is 8.19. The summed E-state index contributed by atoms with van der Waals surface area (Å²) in [7, 11) is 0. The average molecular weight is 206 g/mol. The maximum atomic E-state index is 11.8. The van der Waals surface area contributed by atoms with E-state index >= 15 is 0 Å². The van der Waals surface area contributed by atoms with Crippen LogP contribution in [0, 0.1) is 5.92 Å². The Morgan fingerprint density at radius 1 is 1.36 bits per heavy atom. The summed E-state index contributed by atoms with van der Waals surface area (Å²) in [6, 6.07) is 0. The van der Waals surface area contributed by atoms with Crippen LogP contribution < -0.4 is 0 Å². The molecule has 0 N–H and O–H groups in total. The van der Waals surface area contributed by atoms with Gasteiger partial charge in [0.25, 0.3) is 0 Å². The fourth-order valence-corrected chi connectivity index (χ4v) is 0.613. The van der Waals surface area contributed by atoms with Crippen LogP contribution in [0.3, 0.4) is 0 Å². The van der Waals surface area contributed by atoms with E-state index in [0.29, 0.717) is 5.57 Å². The third-order valence-corrected chi connectivity index (χ3v) is 1.50. The Bertz CT molecular complexity index is 249.